The van der Waals surface area contributed by atoms with Gasteiger partial charge in [0.15, 0.2) is 0 Å². The molecule has 0 bridgehead atoms. The molecular weight excluding hydrogens is 273 g/mol. The topological polar surface area (TPSA) is 49.4 Å². The predicted octanol–water partition coefficient (Wildman–Crippen LogP) is 1.42. The lowest BCUT2D eigenvalue weighted by Crippen LogP contribution is -2.64. The smallest absolute Gasteiger partial charge is 0.337 e. The molecule has 1 atom stereocenters. The second-order valence-corrected chi connectivity index (χ2v) is 4.82. The molecule has 4 nitrogen and oxygen atoms in total. The number of halogens is 3. The fourth-order valence-corrected chi connectivity index (χ4v) is 2.24. The van der Waals surface area contributed by atoms with Crippen molar-refractivity contribution in [2.75, 3.05) is 13.1 Å². The Morgan fingerprint density at radius 3 is 2.40 bits per heavy atom. The molecule has 7 heteroatoms. The fraction of sp³-hybridized carbons (Fsp3) is 0.385. The predicted molar refractivity (Wildman–Crippen MR) is 64.6 cm³/mol. The third-order valence-corrected chi connectivity index (χ3v) is 3.16. The highest BCUT2D eigenvalue weighted by Gasteiger charge is 2.47. The second-order valence-electron chi connectivity index (χ2n) is 4.82. The summed E-state index contributed by atoms with van der Waals surface area (Å²) >= 11 is 0. The van der Waals surface area contributed by atoms with Gasteiger partial charge in [-0.05, 0) is 12.5 Å². The number of piperazine rings is 1. The Bertz CT molecular complexity index is 530. The van der Waals surface area contributed by atoms with Crippen LogP contribution in [-0.4, -0.2) is 36.0 Å². The van der Waals surface area contributed by atoms with Crippen LogP contribution in [0.5, 0.6) is 0 Å². The molecular formula is C13H13F3N2O2. The zero-order chi connectivity index (χ0) is 15.0. The lowest BCUT2D eigenvalue weighted by molar-refractivity contribution is -0.171. The Morgan fingerprint density at radius 2 is 1.85 bits per heavy atom. The van der Waals surface area contributed by atoms with Crippen molar-refractivity contribution in [3.8, 4) is 0 Å². The molecule has 1 aromatic rings. The Morgan fingerprint density at radius 1 is 1.25 bits per heavy atom. The number of rotatable bonds is 2. The van der Waals surface area contributed by atoms with E-state index >= 15 is 0 Å². The van der Waals surface area contributed by atoms with Crippen molar-refractivity contribution >= 4 is 11.8 Å². The van der Waals surface area contributed by atoms with Crippen LogP contribution in [0, 0.1) is 0 Å². The van der Waals surface area contributed by atoms with Gasteiger partial charge >= 0.3 is 6.18 Å². The van der Waals surface area contributed by atoms with E-state index in [1.54, 1.807) is 30.3 Å². The van der Waals surface area contributed by atoms with E-state index in [-0.39, 0.29) is 0 Å². The van der Waals surface area contributed by atoms with Crippen LogP contribution < -0.4 is 5.32 Å². The molecule has 0 saturated carbocycles. The third kappa shape index (κ3) is 2.76. The molecule has 0 spiro atoms. The number of nitrogens with zero attached hydrogens (tertiary/aromatic N) is 1. The van der Waals surface area contributed by atoms with Crippen molar-refractivity contribution in [2.45, 2.75) is 18.6 Å². The van der Waals surface area contributed by atoms with Crippen molar-refractivity contribution < 1.29 is 22.8 Å². The molecule has 2 rings (SSSR count). The maximum Gasteiger partial charge on any atom is 0.406 e. The minimum atomic E-state index is -4.54. The van der Waals surface area contributed by atoms with Crippen LogP contribution >= 0.6 is 0 Å². The van der Waals surface area contributed by atoms with Gasteiger partial charge in [-0.1, -0.05) is 30.3 Å². The number of nitrogens with one attached hydrogen (secondary N) is 1. The van der Waals surface area contributed by atoms with E-state index in [1.807, 2.05) is 0 Å². The van der Waals surface area contributed by atoms with E-state index in [9.17, 15) is 22.8 Å². The molecule has 1 aromatic carbocycles. The summed E-state index contributed by atoms with van der Waals surface area (Å²) in [6, 6.07) is 8.21. The maximum atomic E-state index is 12.5. The lowest BCUT2D eigenvalue weighted by Gasteiger charge is -2.40. The van der Waals surface area contributed by atoms with Gasteiger partial charge in [-0.15, -0.1) is 0 Å². The molecule has 108 valence electrons. The number of amides is 2. The normalized spacial score (nSPS) is 23.7. The maximum absolute atomic E-state index is 12.5. The van der Waals surface area contributed by atoms with Gasteiger partial charge in [0.25, 0.3) is 5.91 Å². The summed E-state index contributed by atoms with van der Waals surface area (Å²) in [4.78, 5) is 24.4. The van der Waals surface area contributed by atoms with E-state index in [2.05, 4.69) is 5.32 Å². The van der Waals surface area contributed by atoms with Gasteiger partial charge in [0, 0.05) is 0 Å². The SMILES string of the molecule is CC1(c2ccccc2)NC(=O)CN(CC(F)(F)F)C1=O. The standard InChI is InChI=1S/C13H13F3N2O2/c1-12(9-5-3-2-4-6-9)11(20)18(7-10(19)17-12)8-13(14,15)16/h2-6H,7-8H2,1H3,(H,17,19). The van der Waals surface area contributed by atoms with Crippen LogP contribution in [0.15, 0.2) is 30.3 Å². The molecule has 1 aliphatic heterocycles. The average Bonchev–Trinajstić information content (AvgIpc) is 2.35. The van der Waals surface area contributed by atoms with Gasteiger partial charge in [0.1, 0.15) is 18.6 Å². The van der Waals surface area contributed by atoms with Gasteiger partial charge < -0.3 is 10.2 Å². The molecule has 1 fully saturated rings. The summed E-state index contributed by atoms with van der Waals surface area (Å²) in [5.41, 5.74) is -1.02. The summed E-state index contributed by atoms with van der Waals surface area (Å²) in [6.45, 7) is -0.604. The molecule has 1 heterocycles. The summed E-state index contributed by atoms with van der Waals surface area (Å²) in [5.74, 6) is -1.37. The number of hydrogen-bond acceptors (Lipinski definition) is 2. The highest BCUT2D eigenvalue weighted by molar-refractivity contribution is 5.98. The van der Waals surface area contributed by atoms with Crippen molar-refractivity contribution in [1.82, 2.24) is 10.2 Å². The molecule has 0 aliphatic carbocycles. The number of carbonyl (C=O) groups is 2. The number of carbonyl (C=O) groups excluding carboxylic acids is 2. The Labute approximate surface area is 113 Å². The van der Waals surface area contributed by atoms with Gasteiger partial charge in [0.05, 0.1) is 0 Å². The average molecular weight is 286 g/mol. The zero-order valence-corrected chi connectivity index (χ0v) is 10.7. The molecule has 1 aliphatic rings. The number of hydrogen-bond donors (Lipinski definition) is 1. The van der Waals surface area contributed by atoms with Crippen molar-refractivity contribution in [3.63, 3.8) is 0 Å². The van der Waals surface area contributed by atoms with E-state index in [1.165, 1.54) is 6.92 Å². The van der Waals surface area contributed by atoms with Crippen LogP contribution in [0.3, 0.4) is 0 Å². The summed E-state index contributed by atoms with van der Waals surface area (Å²) in [6.07, 6.45) is -4.54. The first-order valence-corrected chi connectivity index (χ1v) is 5.95. The van der Waals surface area contributed by atoms with Crippen molar-refractivity contribution in [3.05, 3.63) is 35.9 Å². The van der Waals surface area contributed by atoms with Gasteiger partial charge in [-0.25, -0.2) is 0 Å². The van der Waals surface area contributed by atoms with Gasteiger partial charge in [-0.2, -0.15) is 13.2 Å². The van der Waals surface area contributed by atoms with E-state index in [4.69, 9.17) is 0 Å². The van der Waals surface area contributed by atoms with E-state index < -0.39 is 36.6 Å². The minimum Gasteiger partial charge on any atom is -0.337 e. The summed E-state index contributed by atoms with van der Waals surface area (Å²) in [5, 5.41) is 2.48. The lowest BCUT2D eigenvalue weighted by atomic mass is 9.88. The molecule has 2 amide bonds. The zero-order valence-electron chi connectivity index (χ0n) is 10.7. The highest BCUT2D eigenvalue weighted by atomic mass is 19.4. The monoisotopic (exact) mass is 286 g/mol. The van der Waals surface area contributed by atoms with Crippen LogP contribution in [0.2, 0.25) is 0 Å². The molecule has 1 unspecified atom stereocenters. The largest absolute Gasteiger partial charge is 0.406 e. The van der Waals surface area contributed by atoms with Crippen LogP contribution in [-0.2, 0) is 15.1 Å². The molecule has 0 radical (unpaired) electrons. The first-order valence-electron chi connectivity index (χ1n) is 5.95. The molecule has 20 heavy (non-hydrogen) atoms. The molecule has 0 aromatic heterocycles. The quantitative estimate of drug-likeness (QED) is 0.894. The Balaban J connectivity index is 2.34. The molecule has 1 N–H and O–H groups in total. The van der Waals surface area contributed by atoms with Crippen molar-refractivity contribution in [2.24, 2.45) is 0 Å². The fourth-order valence-electron chi connectivity index (χ4n) is 2.24. The minimum absolute atomic E-state index is 0.449. The first-order chi connectivity index (χ1) is 9.22. The Hall–Kier alpha value is -2.05. The third-order valence-electron chi connectivity index (χ3n) is 3.16. The van der Waals surface area contributed by atoms with Crippen LogP contribution in [0.4, 0.5) is 13.2 Å². The van der Waals surface area contributed by atoms with E-state index in [0.717, 1.165) is 0 Å². The van der Waals surface area contributed by atoms with E-state index in [0.29, 0.717) is 10.5 Å². The van der Waals surface area contributed by atoms with Crippen molar-refractivity contribution in [1.29, 1.82) is 0 Å². The second kappa shape index (κ2) is 4.81. The van der Waals surface area contributed by atoms with Gasteiger partial charge in [0.2, 0.25) is 5.91 Å². The number of alkyl halides is 3. The number of benzene rings is 1. The molecule has 1 saturated heterocycles. The summed E-state index contributed by atoms with van der Waals surface area (Å²) < 4.78 is 37.4. The van der Waals surface area contributed by atoms with Crippen LogP contribution in [0.25, 0.3) is 0 Å². The highest BCUT2D eigenvalue weighted by Crippen LogP contribution is 2.28. The first kappa shape index (κ1) is 14.4. The Kier molecular flexibility index (Phi) is 3.45. The van der Waals surface area contributed by atoms with Gasteiger partial charge in [-0.3, -0.25) is 9.59 Å². The van der Waals surface area contributed by atoms with Crippen LogP contribution in [0.1, 0.15) is 12.5 Å². The summed E-state index contributed by atoms with van der Waals surface area (Å²) in [7, 11) is 0.